The Kier molecular flexibility index (Phi) is 3.83. The lowest BCUT2D eigenvalue weighted by Crippen LogP contribution is -2.42. The van der Waals surface area contributed by atoms with Crippen molar-refractivity contribution in [1.29, 1.82) is 0 Å². The van der Waals surface area contributed by atoms with E-state index in [4.69, 9.17) is 0 Å². The first-order chi connectivity index (χ1) is 10.1. The lowest BCUT2D eigenvalue weighted by atomic mass is 10.0. The molecule has 1 saturated carbocycles. The average molecular weight is 301 g/mol. The zero-order chi connectivity index (χ0) is 14.9. The van der Waals surface area contributed by atoms with Crippen molar-refractivity contribution in [3.63, 3.8) is 0 Å². The van der Waals surface area contributed by atoms with E-state index in [1.165, 1.54) is 5.56 Å². The molecule has 0 aliphatic heterocycles. The van der Waals surface area contributed by atoms with Crippen LogP contribution in [-0.4, -0.2) is 23.2 Å². The van der Waals surface area contributed by atoms with Gasteiger partial charge in [-0.3, -0.25) is 4.79 Å². The highest BCUT2D eigenvalue weighted by atomic mass is 32.1. The second kappa shape index (κ2) is 5.62. The number of carbonyl (C=O) groups is 1. The fraction of sp³-hybridized carbons (Fsp3) is 0.353. The lowest BCUT2D eigenvalue weighted by molar-refractivity contribution is 0.0354. The fourth-order valence-electron chi connectivity index (χ4n) is 2.45. The quantitative estimate of drug-likeness (QED) is 0.890. The molecule has 0 unspecified atom stereocenters. The molecule has 1 aromatic carbocycles. The Balaban J connectivity index is 1.62. The van der Waals surface area contributed by atoms with Crippen molar-refractivity contribution in [3.05, 3.63) is 46.7 Å². The third kappa shape index (κ3) is 3.34. The average Bonchev–Trinajstić information content (AvgIpc) is 3.22. The number of hydrogen-bond acceptors (Lipinski definition) is 3. The molecule has 3 nitrogen and oxygen atoms in total. The summed E-state index contributed by atoms with van der Waals surface area (Å²) in [4.78, 5) is 12.1. The number of nitrogens with one attached hydrogen (secondary N) is 1. The smallest absolute Gasteiger partial charge is 0.251 e. The lowest BCUT2D eigenvalue weighted by Gasteiger charge is -2.23. The highest BCUT2D eigenvalue weighted by Crippen LogP contribution is 2.39. The number of carbonyl (C=O) groups excluding carboxylic acids is 1. The van der Waals surface area contributed by atoms with Crippen LogP contribution in [0.4, 0.5) is 0 Å². The molecule has 2 aromatic rings. The number of rotatable bonds is 5. The Morgan fingerprint density at radius 2 is 2.00 bits per heavy atom. The Morgan fingerprint density at radius 3 is 2.57 bits per heavy atom. The number of amides is 1. The van der Waals surface area contributed by atoms with E-state index in [9.17, 15) is 9.90 Å². The molecule has 2 N–H and O–H groups in total. The van der Waals surface area contributed by atoms with Gasteiger partial charge in [0.05, 0.1) is 5.60 Å². The first kappa shape index (κ1) is 14.3. The van der Waals surface area contributed by atoms with E-state index in [1.54, 1.807) is 18.3 Å². The summed E-state index contributed by atoms with van der Waals surface area (Å²) in [6.07, 6.45) is 2.11. The molecular weight excluding hydrogens is 282 g/mol. The molecule has 1 atom stereocenters. The molecule has 1 aliphatic rings. The van der Waals surface area contributed by atoms with E-state index in [1.807, 2.05) is 29.6 Å². The van der Waals surface area contributed by atoms with Gasteiger partial charge in [-0.15, -0.1) is 0 Å². The van der Waals surface area contributed by atoms with Crippen molar-refractivity contribution in [2.75, 3.05) is 6.54 Å². The summed E-state index contributed by atoms with van der Waals surface area (Å²) in [5, 5.41) is 17.2. The number of aliphatic hydroxyl groups is 1. The summed E-state index contributed by atoms with van der Waals surface area (Å²) < 4.78 is 0. The van der Waals surface area contributed by atoms with Crippen molar-refractivity contribution in [1.82, 2.24) is 5.32 Å². The van der Waals surface area contributed by atoms with Crippen molar-refractivity contribution in [2.24, 2.45) is 5.92 Å². The predicted molar refractivity (Wildman–Crippen MR) is 85.4 cm³/mol. The van der Waals surface area contributed by atoms with Crippen molar-refractivity contribution >= 4 is 17.2 Å². The number of hydrogen-bond donors (Lipinski definition) is 2. The minimum Gasteiger partial charge on any atom is -0.388 e. The van der Waals surface area contributed by atoms with Gasteiger partial charge in [0.1, 0.15) is 0 Å². The molecule has 0 saturated heterocycles. The second-order valence-electron chi connectivity index (χ2n) is 5.90. The van der Waals surface area contributed by atoms with Gasteiger partial charge in [0.15, 0.2) is 0 Å². The first-order valence-corrected chi connectivity index (χ1v) is 8.14. The normalized spacial score (nSPS) is 17.2. The number of thiophene rings is 1. The van der Waals surface area contributed by atoms with Crippen LogP contribution in [0.2, 0.25) is 0 Å². The maximum Gasteiger partial charge on any atom is 0.251 e. The van der Waals surface area contributed by atoms with Gasteiger partial charge in [0, 0.05) is 12.1 Å². The summed E-state index contributed by atoms with van der Waals surface area (Å²) in [7, 11) is 0. The molecule has 21 heavy (non-hydrogen) atoms. The topological polar surface area (TPSA) is 49.3 Å². The predicted octanol–water partition coefficient (Wildman–Crippen LogP) is 3.31. The third-order valence-corrected chi connectivity index (χ3v) is 4.75. The van der Waals surface area contributed by atoms with Crippen LogP contribution in [0.1, 0.15) is 30.1 Å². The van der Waals surface area contributed by atoms with Gasteiger partial charge in [-0.05, 0) is 65.8 Å². The molecule has 3 rings (SSSR count). The van der Waals surface area contributed by atoms with Gasteiger partial charge >= 0.3 is 0 Å². The minimum atomic E-state index is -0.785. The molecular formula is C17H19NO2S. The maximum absolute atomic E-state index is 12.1. The van der Waals surface area contributed by atoms with Crippen molar-refractivity contribution in [3.8, 4) is 11.1 Å². The molecule has 1 amide bonds. The second-order valence-corrected chi connectivity index (χ2v) is 6.68. The van der Waals surface area contributed by atoms with Gasteiger partial charge in [0.2, 0.25) is 0 Å². The fourth-order valence-corrected chi connectivity index (χ4v) is 3.12. The van der Waals surface area contributed by atoms with Crippen LogP contribution in [0.3, 0.4) is 0 Å². The summed E-state index contributed by atoms with van der Waals surface area (Å²) in [6.45, 7) is 2.10. The molecule has 110 valence electrons. The summed E-state index contributed by atoms with van der Waals surface area (Å²) in [6, 6.07) is 9.63. The van der Waals surface area contributed by atoms with Crippen LogP contribution in [0, 0.1) is 5.92 Å². The van der Waals surface area contributed by atoms with E-state index in [2.05, 4.69) is 16.8 Å². The maximum atomic E-state index is 12.1. The largest absolute Gasteiger partial charge is 0.388 e. The van der Waals surface area contributed by atoms with E-state index < -0.39 is 5.60 Å². The van der Waals surface area contributed by atoms with Gasteiger partial charge in [-0.25, -0.2) is 0 Å². The summed E-state index contributed by atoms with van der Waals surface area (Å²) >= 11 is 1.66. The van der Waals surface area contributed by atoms with Gasteiger partial charge in [0.25, 0.3) is 5.91 Å². The highest BCUT2D eigenvalue weighted by Gasteiger charge is 2.39. The Hall–Kier alpha value is -1.65. The first-order valence-electron chi connectivity index (χ1n) is 7.19. The van der Waals surface area contributed by atoms with Crippen LogP contribution in [-0.2, 0) is 0 Å². The third-order valence-electron chi connectivity index (χ3n) is 4.07. The van der Waals surface area contributed by atoms with Crippen LogP contribution in [0.15, 0.2) is 41.1 Å². The molecule has 0 radical (unpaired) electrons. The van der Waals surface area contributed by atoms with Crippen molar-refractivity contribution in [2.45, 2.75) is 25.4 Å². The van der Waals surface area contributed by atoms with Gasteiger partial charge in [-0.1, -0.05) is 12.1 Å². The monoisotopic (exact) mass is 301 g/mol. The van der Waals surface area contributed by atoms with E-state index >= 15 is 0 Å². The van der Waals surface area contributed by atoms with Crippen LogP contribution < -0.4 is 5.32 Å². The Bertz CT molecular complexity index is 613. The van der Waals surface area contributed by atoms with E-state index in [-0.39, 0.29) is 5.91 Å². The zero-order valence-electron chi connectivity index (χ0n) is 12.0. The molecule has 4 heteroatoms. The molecule has 0 spiro atoms. The van der Waals surface area contributed by atoms with Crippen LogP contribution >= 0.6 is 11.3 Å². The highest BCUT2D eigenvalue weighted by molar-refractivity contribution is 7.08. The van der Waals surface area contributed by atoms with Gasteiger partial charge < -0.3 is 10.4 Å². The Morgan fingerprint density at radius 1 is 1.29 bits per heavy atom. The van der Waals surface area contributed by atoms with E-state index in [0.29, 0.717) is 18.0 Å². The van der Waals surface area contributed by atoms with Crippen LogP contribution in [0.5, 0.6) is 0 Å². The summed E-state index contributed by atoms with van der Waals surface area (Å²) in [5.41, 5.74) is 2.12. The molecule has 0 bridgehead atoms. The Labute approximate surface area is 128 Å². The van der Waals surface area contributed by atoms with E-state index in [0.717, 1.165) is 18.4 Å². The van der Waals surface area contributed by atoms with Crippen LogP contribution in [0.25, 0.3) is 11.1 Å². The minimum absolute atomic E-state index is 0.132. The standard InChI is InChI=1S/C17H19NO2S/c1-17(20,15-6-7-15)11-18-16(19)13-4-2-12(3-5-13)14-8-9-21-10-14/h2-5,8-10,15,20H,6-7,11H2,1H3,(H,18,19)/t17-/m0/s1. The van der Waals surface area contributed by atoms with Crippen molar-refractivity contribution < 1.29 is 9.90 Å². The molecule has 1 heterocycles. The molecule has 1 aliphatic carbocycles. The molecule has 1 aromatic heterocycles. The SMILES string of the molecule is C[C@](O)(CNC(=O)c1ccc(-c2ccsc2)cc1)C1CC1. The van der Waals surface area contributed by atoms with Gasteiger partial charge in [-0.2, -0.15) is 11.3 Å². The molecule has 1 fully saturated rings. The number of benzene rings is 1. The summed E-state index contributed by atoms with van der Waals surface area (Å²) in [5.74, 6) is 0.201. The zero-order valence-corrected chi connectivity index (χ0v) is 12.8.